The lowest BCUT2D eigenvalue weighted by molar-refractivity contribution is 0.0921. The number of rotatable bonds is 8. The van der Waals surface area contributed by atoms with E-state index in [0.717, 1.165) is 5.56 Å². The Morgan fingerprint density at radius 3 is 2.87 bits per heavy atom. The molecule has 0 aliphatic rings. The number of carbonyl (C=O) groups is 1. The predicted molar refractivity (Wildman–Crippen MR) is 93.7 cm³/mol. The Kier molecular flexibility index (Phi) is 6.31. The van der Waals surface area contributed by atoms with Crippen molar-refractivity contribution in [3.8, 4) is 0 Å². The second kappa shape index (κ2) is 8.45. The van der Waals surface area contributed by atoms with Gasteiger partial charge in [0.05, 0.1) is 12.3 Å². The van der Waals surface area contributed by atoms with Gasteiger partial charge in [0, 0.05) is 12.6 Å². The topological polar surface area (TPSA) is 74.2 Å². The monoisotopic (exact) mass is 331 g/mol. The van der Waals surface area contributed by atoms with Crippen molar-refractivity contribution < 1.29 is 9.90 Å². The number of aliphatic hydroxyl groups is 1. The van der Waals surface area contributed by atoms with Crippen LogP contribution in [0.3, 0.4) is 0 Å². The van der Waals surface area contributed by atoms with E-state index in [9.17, 15) is 9.90 Å². The molecule has 0 radical (unpaired) electrons. The quantitative estimate of drug-likeness (QED) is 0.650. The van der Waals surface area contributed by atoms with Gasteiger partial charge in [0.25, 0.3) is 5.91 Å². The fourth-order valence-corrected chi connectivity index (χ4v) is 2.85. The Morgan fingerprint density at radius 2 is 2.17 bits per heavy atom. The van der Waals surface area contributed by atoms with Crippen LogP contribution in [-0.2, 0) is 0 Å². The summed E-state index contributed by atoms with van der Waals surface area (Å²) >= 11 is 1.29. The van der Waals surface area contributed by atoms with Crippen molar-refractivity contribution in [1.82, 2.24) is 10.3 Å². The summed E-state index contributed by atoms with van der Waals surface area (Å²) in [5, 5.41) is 16.8. The summed E-state index contributed by atoms with van der Waals surface area (Å²) in [6.07, 6.45) is 3.13. The molecular formula is C17H21N3O2S. The maximum atomic E-state index is 12.2. The van der Waals surface area contributed by atoms with Crippen molar-refractivity contribution in [2.24, 2.45) is 0 Å². The van der Waals surface area contributed by atoms with E-state index in [4.69, 9.17) is 0 Å². The van der Waals surface area contributed by atoms with Crippen molar-refractivity contribution in [2.45, 2.75) is 25.5 Å². The maximum Gasteiger partial charge on any atom is 0.263 e. The molecule has 0 aliphatic carbocycles. The lowest BCUT2D eigenvalue weighted by atomic mass is 10.0. The molecule has 3 N–H and O–H groups in total. The van der Waals surface area contributed by atoms with E-state index in [1.807, 2.05) is 37.3 Å². The molecule has 6 heteroatoms. The first-order valence-corrected chi connectivity index (χ1v) is 8.26. The van der Waals surface area contributed by atoms with Gasteiger partial charge in [-0.15, -0.1) is 6.58 Å². The summed E-state index contributed by atoms with van der Waals surface area (Å²) < 4.78 is 0. The Hall–Kier alpha value is -2.18. The molecule has 2 unspecified atom stereocenters. The second-order valence-corrected chi connectivity index (χ2v) is 6.27. The van der Waals surface area contributed by atoms with Crippen LogP contribution in [-0.4, -0.2) is 28.6 Å². The van der Waals surface area contributed by atoms with Gasteiger partial charge in [0.2, 0.25) is 0 Å². The standard InChI is InChI=1S/C17H21N3O2S/c1-3-9-18-17-19-11-15(23-17)16(22)20-12(2)10-14(21)13-7-5-4-6-8-13/h3-8,11-12,14,21H,1,9-10H2,2H3,(H,18,19)(H,20,22). The number of amides is 1. The highest BCUT2D eigenvalue weighted by atomic mass is 32.1. The Bertz CT molecular complexity index is 642. The summed E-state index contributed by atoms with van der Waals surface area (Å²) in [5.74, 6) is -0.179. The molecule has 1 amide bonds. The zero-order valence-corrected chi connectivity index (χ0v) is 13.8. The number of carbonyl (C=O) groups excluding carboxylic acids is 1. The van der Waals surface area contributed by atoms with E-state index in [0.29, 0.717) is 23.0 Å². The molecule has 122 valence electrons. The van der Waals surface area contributed by atoms with Crippen LogP contribution in [0.4, 0.5) is 5.13 Å². The minimum atomic E-state index is -0.599. The van der Waals surface area contributed by atoms with Crippen LogP contribution in [0.15, 0.2) is 49.2 Å². The largest absolute Gasteiger partial charge is 0.388 e. The number of hydrogen-bond acceptors (Lipinski definition) is 5. The van der Waals surface area contributed by atoms with Crippen molar-refractivity contribution in [3.63, 3.8) is 0 Å². The summed E-state index contributed by atoms with van der Waals surface area (Å²) in [4.78, 5) is 16.9. The normalized spacial score (nSPS) is 13.1. The van der Waals surface area contributed by atoms with Crippen LogP contribution in [0.2, 0.25) is 0 Å². The zero-order chi connectivity index (χ0) is 16.7. The van der Waals surface area contributed by atoms with Gasteiger partial charge in [-0.1, -0.05) is 47.7 Å². The van der Waals surface area contributed by atoms with Crippen molar-refractivity contribution in [3.05, 3.63) is 59.6 Å². The first-order chi connectivity index (χ1) is 11.1. The van der Waals surface area contributed by atoms with E-state index in [2.05, 4.69) is 22.2 Å². The number of nitrogens with one attached hydrogen (secondary N) is 2. The third-order valence-electron chi connectivity index (χ3n) is 3.27. The number of aliphatic hydroxyl groups excluding tert-OH is 1. The van der Waals surface area contributed by atoms with Gasteiger partial charge in [-0.05, 0) is 18.9 Å². The molecule has 2 rings (SSSR count). The number of benzene rings is 1. The SMILES string of the molecule is C=CCNc1ncc(C(=O)NC(C)CC(O)c2ccccc2)s1. The van der Waals surface area contributed by atoms with Gasteiger partial charge in [-0.25, -0.2) is 4.98 Å². The molecule has 2 aromatic rings. The number of anilines is 1. The molecule has 0 aliphatic heterocycles. The molecule has 0 spiro atoms. The average molecular weight is 331 g/mol. The third kappa shape index (κ3) is 5.19. The highest BCUT2D eigenvalue weighted by Crippen LogP contribution is 2.20. The van der Waals surface area contributed by atoms with Gasteiger partial charge in [0.1, 0.15) is 4.88 Å². The van der Waals surface area contributed by atoms with Gasteiger partial charge in [-0.2, -0.15) is 0 Å². The number of thiazole rings is 1. The molecule has 2 atom stereocenters. The van der Waals surface area contributed by atoms with E-state index in [1.54, 1.807) is 12.3 Å². The zero-order valence-electron chi connectivity index (χ0n) is 13.0. The Balaban J connectivity index is 1.86. The van der Waals surface area contributed by atoms with Crippen molar-refractivity contribution in [1.29, 1.82) is 0 Å². The molecule has 1 heterocycles. The molecule has 5 nitrogen and oxygen atoms in total. The Morgan fingerprint density at radius 1 is 1.43 bits per heavy atom. The van der Waals surface area contributed by atoms with Crippen LogP contribution in [0.1, 0.15) is 34.7 Å². The molecule has 1 aromatic carbocycles. The molecule has 0 saturated carbocycles. The van der Waals surface area contributed by atoms with Gasteiger partial charge >= 0.3 is 0 Å². The molecule has 0 fully saturated rings. The highest BCUT2D eigenvalue weighted by molar-refractivity contribution is 7.17. The first-order valence-electron chi connectivity index (χ1n) is 7.44. The van der Waals surface area contributed by atoms with E-state index < -0.39 is 6.10 Å². The van der Waals surface area contributed by atoms with Crippen LogP contribution < -0.4 is 10.6 Å². The first kappa shape index (κ1) is 17.2. The minimum absolute atomic E-state index is 0.149. The van der Waals surface area contributed by atoms with Crippen molar-refractivity contribution in [2.75, 3.05) is 11.9 Å². The van der Waals surface area contributed by atoms with Gasteiger partial charge < -0.3 is 15.7 Å². The van der Waals surface area contributed by atoms with E-state index in [1.165, 1.54) is 11.3 Å². The fourth-order valence-electron chi connectivity index (χ4n) is 2.12. The molecule has 0 bridgehead atoms. The lowest BCUT2D eigenvalue weighted by Gasteiger charge is -2.17. The van der Waals surface area contributed by atoms with E-state index in [-0.39, 0.29) is 11.9 Å². The Labute approximate surface area is 140 Å². The van der Waals surface area contributed by atoms with Crippen molar-refractivity contribution >= 4 is 22.4 Å². The second-order valence-electron chi connectivity index (χ2n) is 5.24. The van der Waals surface area contributed by atoms with Gasteiger partial charge in [0.15, 0.2) is 5.13 Å². The highest BCUT2D eigenvalue weighted by Gasteiger charge is 2.16. The summed E-state index contributed by atoms with van der Waals surface area (Å²) in [6, 6.07) is 9.28. The van der Waals surface area contributed by atoms with E-state index >= 15 is 0 Å². The number of nitrogens with zero attached hydrogens (tertiary/aromatic N) is 1. The predicted octanol–water partition coefficient (Wildman–Crippen LogP) is 2.98. The smallest absolute Gasteiger partial charge is 0.263 e. The molecule has 0 saturated heterocycles. The lowest BCUT2D eigenvalue weighted by Crippen LogP contribution is -2.33. The van der Waals surface area contributed by atoms with Crippen LogP contribution in [0, 0.1) is 0 Å². The third-order valence-corrected chi connectivity index (χ3v) is 4.22. The summed E-state index contributed by atoms with van der Waals surface area (Å²) in [6.45, 7) is 6.10. The molecule has 1 aromatic heterocycles. The average Bonchev–Trinajstić information content (AvgIpc) is 3.02. The molecular weight excluding hydrogens is 310 g/mol. The van der Waals surface area contributed by atoms with Crippen LogP contribution >= 0.6 is 11.3 Å². The summed E-state index contributed by atoms with van der Waals surface area (Å²) in [7, 11) is 0. The van der Waals surface area contributed by atoms with Crippen LogP contribution in [0.25, 0.3) is 0 Å². The maximum absolute atomic E-state index is 12.2. The number of hydrogen-bond donors (Lipinski definition) is 3. The molecule has 23 heavy (non-hydrogen) atoms. The summed E-state index contributed by atoms with van der Waals surface area (Å²) in [5.41, 5.74) is 0.849. The minimum Gasteiger partial charge on any atom is -0.388 e. The van der Waals surface area contributed by atoms with Crippen LogP contribution in [0.5, 0.6) is 0 Å². The van der Waals surface area contributed by atoms with Gasteiger partial charge in [-0.3, -0.25) is 4.79 Å². The fraction of sp³-hybridized carbons (Fsp3) is 0.294. The number of aromatic nitrogens is 1.